The molecule has 1 aromatic carbocycles. The van der Waals surface area contributed by atoms with E-state index in [2.05, 4.69) is 11.6 Å². The number of aromatic carboxylic acids is 1. The van der Waals surface area contributed by atoms with Crippen LogP contribution >= 0.6 is 11.6 Å². The number of carbonyl (C=O) groups is 1. The van der Waals surface area contributed by atoms with E-state index in [0.29, 0.717) is 5.65 Å². The predicted molar refractivity (Wildman–Crippen MR) is 87.3 cm³/mol. The van der Waals surface area contributed by atoms with Gasteiger partial charge in [0.1, 0.15) is 10.8 Å². The molecule has 0 amide bonds. The molecule has 3 rings (SSSR count). The molecular weight excluding hydrogens is 300 g/mol. The maximum absolute atomic E-state index is 11.2. The minimum Gasteiger partial charge on any atom is -0.476 e. The summed E-state index contributed by atoms with van der Waals surface area (Å²) in [6.07, 6.45) is 1.79. The average Bonchev–Trinajstić information content (AvgIpc) is 2.84. The van der Waals surface area contributed by atoms with E-state index in [9.17, 15) is 9.90 Å². The van der Waals surface area contributed by atoms with Crippen LogP contribution in [-0.2, 0) is 0 Å². The Bertz CT molecular complexity index is 898. The number of aromatic nitrogens is 2. The van der Waals surface area contributed by atoms with Crippen LogP contribution in [0.2, 0.25) is 5.15 Å². The molecule has 0 aliphatic heterocycles. The maximum atomic E-state index is 11.2. The Morgan fingerprint density at radius 1 is 1.27 bits per heavy atom. The zero-order valence-corrected chi connectivity index (χ0v) is 12.6. The van der Waals surface area contributed by atoms with Gasteiger partial charge < -0.3 is 5.11 Å². The first-order valence-corrected chi connectivity index (χ1v) is 7.03. The largest absolute Gasteiger partial charge is 0.476 e. The molecule has 2 heterocycles. The molecule has 0 aliphatic carbocycles. The second kappa shape index (κ2) is 5.31. The third kappa shape index (κ3) is 2.27. The summed E-state index contributed by atoms with van der Waals surface area (Å²) in [6, 6.07) is 11.7. The molecule has 0 aliphatic rings. The lowest BCUT2D eigenvalue weighted by Crippen LogP contribution is -1.96. The number of rotatable bonds is 3. The van der Waals surface area contributed by atoms with Gasteiger partial charge in [0.2, 0.25) is 0 Å². The minimum atomic E-state index is -1.15. The third-order valence-electron chi connectivity index (χ3n) is 3.43. The SMILES string of the molecule is C=C(C)c1cc(-c2ccccc2)cn2c(Cl)c(C(=O)O)nc12. The highest BCUT2D eigenvalue weighted by Crippen LogP contribution is 2.29. The maximum Gasteiger partial charge on any atom is 0.357 e. The summed E-state index contributed by atoms with van der Waals surface area (Å²) in [5.74, 6) is -1.15. The van der Waals surface area contributed by atoms with E-state index < -0.39 is 5.97 Å². The van der Waals surface area contributed by atoms with Gasteiger partial charge in [0.15, 0.2) is 5.69 Å². The summed E-state index contributed by atoms with van der Waals surface area (Å²) >= 11 is 6.18. The van der Waals surface area contributed by atoms with Crippen molar-refractivity contribution in [1.82, 2.24) is 9.38 Å². The van der Waals surface area contributed by atoms with Crippen molar-refractivity contribution in [3.8, 4) is 11.1 Å². The predicted octanol–water partition coefficient (Wildman–Crippen LogP) is 4.39. The van der Waals surface area contributed by atoms with Crippen molar-refractivity contribution in [1.29, 1.82) is 0 Å². The molecule has 110 valence electrons. The van der Waals surface area contributed by atoms with Crippen LogP contribution in [0.3, 0.4) is 0 Å². The second-order valence-electron chi connectivity index (χ2n) is 5.04. The summed E-state index contributed by atoms with van der Waals surface area (Å²) in [4.78, 5) is 15.4. The van der Waals surface area contributed by atoms with Gasteiger partial charge >= 0.3 is 5.97 Å². The lowest BCUT2D eigenvalue weighted by molar-refractivity contribution is 0.0691. The van der Waals surface area contributed by atoms with Crippen molar-refractivity contribution in [3.63, 3.8) is 0 Å². The summed E-state index contributed by atoms with van der Waals surface area (Å²) in [7, 11) is 0. The number of hydrogen-bond acceptors (Lipinski definition) is 2. The van der Waals surface area contributed by atoms with Crippen molar-refractivity contribution in [2.45, 2.75) is 6.92 Å². The minimum absolute atomic E-state index is 0.0859. The van der Waals surface area contributed by atoms with Crippen LogP contribution in [0.1, 0.15) is 23.0 Å². The van der Waals surface area contributed by atoms with E-state index in [1.807, 2.05) is 43.3 Å². The number of imidazole rings is 1. The Morgan fingerprint density at radius 3 is 2.55 bits per heavy atom. The standard InChI is InChI=1S/C17H13ClN2O2/c1-10(2)13-8-12(11-6-4-3-5-7-11)9-20-15(18)14(17(21)22)19-16(13)20/h3-9H,1H2,2H3,(H,21,22). The molecule has 3 aromatic rings. The van der Waals surface area contributed by atoms with Gasteiger partial charge in [-0.3, -0.25) is 4.40 Å². The van der Waals surface area contributed by atoms with Gasteiger partial charge in [0.25, 0.3) is 0 Å². The monoisotopic (exact) mass is 312 g/mol. The van der Waals surface area contributed by atoms with Crippen molar-refractivity contribution >= 4 is 28.8 Å². The molecule has 0 saturated carbocycles. The van der Waals surface area contributed by atoms with Crippen LogP contribution in [0, 0.1) is 0 Å². The lowest BCUT2D eigenvalue weighted by Gasteiger charge is -2.08. The molecule has 0 fully saturated rings. The molecule has 0 radical (unpaired) electrons. The molecule has 1 N–H and O–H groups in total. The number of allylic oxidation sites excluding steroid dienone is 1. The van der Waals surface area contributed by atoms with Crippen LogP contribution < -0.4 is 0 Å². The fraction of sp³-hybridized carbons (Fsp3) is 0.0588. The molecule has 0 saturated heterocycles. The molecule has 2 aromatic heterocycles. The van der Waals surface area contributed by atoms with E-state index in [1.54, 1.807) is 10.6 Å². The zero-order valence-electron chi connectivity index (χ0n) is 11.9. The average molecular weight is 313 g/mol. The number of pyridine rings is 1. The fourth-order valence-corrected chi connectivity index (χ4v) is 2.61. The van der Waals surface area contributed by atoms with E-state index in [0.717, 1.165) is 22.3 Å². The number of fused-ring (bicyclic) bond motifs is 1. The molecule has 4 nitrogen and oxygen atoms in total. The molecule has 22 heavy (non-hydrogen) atoms. The summed E-state index contributed by atoms with van der Waals surface area (Å²) < 4.78 is 1.59. The first-order chi connectivity index (χ1) is 10.5. The Hall–Kier alpha value is -2.59. The smallest absolute Gasteiger partial charge is 0.357 e. The van der Waals surface area contributed by atoms with Gasteiger partial charge in [0.05, 0.1) is 0 Å². The number of nitrogens with zero attached hydrogens (tertiary/aromatic N) is 2. The Labute approximate surface area is 132 Å². The number of benzene rings is 1. The number of hydrogen-bond donors (Lipinski definition) is 1. The molecule has 0 unspecified atom stereocenters. The number of carboxylic acid groups (broad SMARTS) is 1. The van der Waals surface area contributed by atoms with Gasteiger partial charge in [-0.05, 0) is 29.7 Å². The van der Waals surface area contributed by atoms with Gasteiger partial charge in [-0.1, -0.05) is 48.5 Å². The highest BCUT2D eigenvalue weighted by atomic mass is 35.5. The Morgan fingerprint density at radius 2 is 1.95 bits per heavy atom. The highest BCUT2D eigenvalue weighted by Gasteiger charge is 2.19. The van der Waals surface area contributed by atoms with E-state index in [4.69, 9.17) is 11.6 Å². The normalized spacial score (nSPS) is 10.8. The number of carboxylic acids is 1. The summed E-state index contributed by atoms with van der Waals surface area (Å²) in [5, 5.41) is 9.29. The fourth-order valence-electron chi connectivity index (χ4n) is 2.36. The van der Waals surface area contributed by atoms with Crippen molar-refractivity contribution in [2.24, 2.45) is 0 Å². The Kier molecular flexibility index (Phi) is 3.47. The van der Waals surface area contributed by atoms with Gasteiger partial charge in [-0.25, -0.2) is 9.78 Å². The molecular formula is C17H13ClN2O2. The van der Waals surface area contributed by atoms with Crippen molar-refractivity contribution < 1.29 is 9.90 Å². The van der Waals surface area contributed by atoms with Crippen LogP contribution in [0.25, 0.3) is 22.3 Å². The third-order valence-corrected chi connectivity index (χ3v) is 3.79. The first kappa shape index (κ1) is 14.4. The van der Waals surface area contributed by atoms with Crippen LogP contribution in [0.4, 0.5) is 0 Å². The molecule has 0 bridgehead atoms. The first-order valence-electron chi connectivity index (χ1n) is 6.65. The zero-order chi connectivity index (χ0) is 15.9. The molecule has 0 atom stereocenters. The second-order valence-corrected chi connectivity index (χ2v) is 5.40. The van der Waals surface area contributed by atoms with E-state index >= 15 is 0 Å². The summed E-state index contributed by atoms with van der Waals surface area (Å²) in [6.45, 7) is 5.80. The quantitative estimate of drug-likeness (QED) is 0.780. The van der Waals surface area contributed by atoms with E-state index in [1.165, 1.54) is 0 Å². The van der Waals surface area contributed by atoms with Crippen LogP contribution in [0.5, 0.6) is 0 Å². The van der Waals surface area contributed by atoms with Crippen molar-refractivity contribution in [3.05, 3.63) is 65.6 Å². The molecule has 5 heteroatoms. The van der Waals surface area contributed by atoms with E-state index in [-0.39, 0.29) is 10.8 Å². The topological polar surface area (TPSA) is 54.6 Å². The van der Waals surface area contributed by atoms with Crippen molar-refractivity contribution in [2.75, 3.05) is 0 Å². The highest BCUT2D eigenvalue weighted by molar-refractivity contribution is 6.32. The lowest BCUT2D eigenvalue weighted by atomic mass is 10.0. The Balaban J connectivity index is 2.36. The number of halogens is 1. The molecule has 0 spiro atoms. The van der Waals surface area contributed by atoms with Gasteiger partial charge in [-0.2, -0.15) is 0 Å². The van der Waals surface area contributed by atoms with Crippen LogP contribution in [-0.4, -0.2) is 20.5 Å². The van der Waals surface area contributed by atoms with Gasteiger partial charge in [0, 0.05) is 11.8 Å². The van der Waals surface area contributed by atoms with Crippen LogP contribution in [0.15, 0.2) is 49.2 Å². The van der Waals surface area contributed by atoms with Gasteiger partial charge in [-0.15, -0.1) is 0 Å². The summed E-state index contributed by atoms with van der Waals surface area (Å²) in [5.41, 5.74) is 3.83.